The molecular formula is C21H23Cl2N3O4. The molecule has 0 radical (unpaired) electrons. The van der Waals surface area contributed by atoms with Crippen molar-refractivity contribution >= 4 is 41.2 Å². The summed E-state index contributed by atoms with van der Waals surface area (Å²) in [5.41, 5.74) is 3.57. The predicted octanol–water partition coefficient (Wildman–Crippen LogP) is 3.95. The fraction of sp³-hybridized carbons (Fsp3) is 0.286. The van der Waals surface area contributed by atoms with E-state index < -0.39 is 11.8 Å². The van der Waals surface area contributed by atoms with Crippen LogP contribution in [0.15, 0.2) is 41.5 Å². The second-order valence-corrected chi connectivity index (χ2v) is 7.04. The Bertz CT molecular complexity index is 919. The number of carbonyl (C=O) groups excluding carboxylic acids is 2. The molecule has 0 aliphatic heterocycles. The Morgan fingerprint density at radius 1 is 1.13 bits per heavy atom. The van der Waals surface area contributed by atoms with Gasteiger partial charge in [-0.05, 0) is 36.2 Å². The van der Waals surface area contributed by atoms with E-state index in [0.717, 1.165) is 18.4 Å². The second kappa shape index (κ2) is 12.0. The molecule has 0 atom stereocenters. The van der Waals surface area contributed by atoms with Crippen LogP contribution in [0.2, 0.25) is 10.0 Å². The molecule has 0 unspecified atom stereocenters. The lowest BCUT2D eigenvalue weighted by molar-refractivity contribution is -0.139. The van der Waals surface area contributed by atoms with Gasteiger partial charge >= 0.3 is 11.8 Å². The van der Waals surface area contributed by atoms with Crippen molar-refractivity contribution < 1.29 is 19.1 Å². The van der Waals surface area contributed by atoms with Crippen LogP contribution in [0, 0.1) is 0 Å². The number of ether oxygens (including phenoxy) is 2. The van der Waals surface area contributed by atoms with Gasteiger partial charge in [0.2, 0.25) is 0 Å². The summed E-state index contributed by atoms with van der Waals surface area (Å²) in [6.45, 7) is 2.64. The Morgan fingerprint density at radius 3 is 2.63 bits per heavy atom. The maximum absolute atomic E-state index is 11.8. The van der Waals surface area contributed by atoms with Crippen molar-refractivity contribution in [3.05, 3.63) is 57.6 Å². The van der Waals surface area contributed by atoms with Crippen LogP contribution in [0.5, 0.6) is 11.5 Å². The highest BCUT2D eigenvalue weighted by Crippen LogP contribution is 2.31. The third-order valence-electron chi connectivity index (χ3n) is 3.99. The van der Waals surface area contributed by atoms with Crippen LogP contribution in [0.4, 0.5) is 0 Å². The number of para-hydroxylation sites is 1. The summed E-state index contributed by atoms with van der Waals surface area (Å²) >= 11 is 12.0. The highest BCUT2D eigenvalue weighted by atomic mass is 35.5. The first-order valence-electron chi connectivity index (χ1n) is 9.31. The molecule has 0 heterocycles. The lowest BCUT2D eigenvalue weighted by Crippen LogP contribution is -2.38. The average molecular weight is 452 g/mol. The van der Waals surface area contributed by atoms with Gasteiger partial charge < -0.3 is 14.8 Å². The van der Waals surface area contributed by atoms with E-state index in [4.69, 9.17) is 32.7 Å². The van der Waals surface area contributed by atoms with Gasteiger partial charge in [-0.2, -0.15) is 5.10 Å². The molecule has 30 heavy (non-hydrogen) atoms. The molecule has 2 aromatic rings. The number of unbranched alkanes of at least 4 members (excludes halogenated alkanes) is 1. The maximum atomic E-state index is 11.8. The maximum Gasteiger partial charge on any atom is 0.329 e. The van der Waals surface area contributed by atoms with E-state index in [2.05, 4.69) is 15.8 Å². The van der Waals surface area contributed by atoms with Crippen LogP contribution in [-0.4, -0.2) is 31.7 Å². The Labute approximate surface area is 185 Å². The highest BCUT2D eigenvalue weighted by Gasteiger charge is 2.13. The number of hydrogen-bond acceptors (Lipinski definition) is 5. The van der Waals surface area contributed by atoms with Gasteiger partial charge in [-0.1, -0.05) is 48.7 Å². The number of amides is 2. The molecule has 0 fully saturated rings. The fourth-order valence-corrected chi connectivity index (χ4v) is 2.73. The summed E-state index contributed by atoms with van der Waals surface area (Å²) < 4.78 is 11.3. The van der Waals surface area contributed by atoms with Crippen molar-refractivity contribution in [3.8, 4) is 11.5 Å². The Hall–Kier alpha value is -2.77. The normalized spacial score (nSPS) is 10.7. The summed E-state index contributed by atoms with van der Waals surface area (Å²) in [6.07, 6.45) is 3.09. The quantitative estimate of drug-likeness (QED) is 0.261. The Balaban J connectivity index is 2.07. The monoisotopic (exact) mass is 451 g/mol. The summed E-state index contributed by atoms with van der Waals surface area (Å²) in [7, 11) is 1.52. The minimum atomic E-state index is -0.844. The molecule has 2 aromatic carbocycles. The van der Waals surface area contributed by atoms with E-state index >= 15 is 0 Å². The minimum Gasteiger partial charge on any atom is -0.493 e. The number of methoxy groups -OCH3 is 1. The molecule has 7 nitrogen and oxygen atoms in total. The molecule has 0 aliphatic rings. The number of carbonyl (C=O) groups is 2. The zero-order valence-electron chi connectivity index (χ0n) is 16.7. The molecule has 2 N–H and O–H groups in total. The number of nitrogens with one attached hydrogen (secondary N) is 2. The molecule has 160 valence electrons. The molecular weight excluding hydrogens is 429 g/mol. The molecule has 0 spiro atoms. The molecule has 2 amide bonds. The van der Waals surface area contributed by atoms with Crippen LogP contribution in [0.25, 0.3) is 0 Å². The van der Waals surface area contributed by atoms with E-state index in [1.165, 1.54) is 13.3 Å². The molecule has 2 rings (SSSR count). The van der Waals surface area contributed by atoms with Gasteiger partial charge in [-0.3, -0.25) is 9.59 Å². The van der Waals surface area contributed by atoms with Crippen molar-refractivity contribution in [2.75, 3.05) is 13.7 Å². The van der Waals surface area contributed by atoms with Crippen molar-refractivity contribution in [2.45, 2.75) is 26.4 Å². The lowest BCUT2D eigenvalue weighted by Gasteiger charge is -2.13. The Kier molecular flexibility index (Phi) is 9.44. The predicted molar refractivity (Wildman–Crippen MR) is 117 cm³/mol. The van der Waals surface area contributed by atoms with E-state index in [9.17, 15) is 9.59 Å². The van der Waals surface area contributed by atoms with Gasteiger partial charge in [0, 0.05) is 12.1 Å². The van der Waals surface area contributed by atoms with Crippen LogP contribution in [0.3, 0.4) is 0 Å². The number of benzene rings is 2. The fourth-order valence-electron chi connectivity index (χ4n) is 2.40. The van der Waals surface area contributed by atoms with Crippen LogP contribution in [0.1, 0.15) is 30.9 Å². The first-order chi connectivity index (χ1) is 14.5. The van der Waals surface area contributed by atoms with Crippen molar-refractivity contribution in [1.82, 2.24) is 10.7 Å². The second-order valence-electron chi connectivity index (χ2n) is 6.22. The number of hydrogen-bond donors (Lipinski definition) is 2. The summed E-state index contributed by atoms with van der Waals surface area (Å²) in [4.78, 5) is 23.5. The van der Waals surface area contributed by atoms with Crippen molar-refractivity contribution in [1.29, 1.82) is 0 Å². The van der Waals surface area contributed by atoms with Crippen molar-refractivity contribution in [2.24, 2.45) is 5.10 Å². The summed E-state index contributed by atoms with van der Waals surface area (Å²) in [5, 5.41) is 7.26. The summed E-state index contributed by atoms with van der Waals surface area (Å²) in [5.74, 6) is -0.662. The zero-order valence-corrected chi connectivity index (χ0v) is 18.2. The summed E-state index contributed by atoms with van der Waals surface area (Å²) in [6, 6.07) is 10.4. The van der Waals surface area contributed by atoms with E-state index in [1.54, 1.807) is 36.4 Å². The SMILES string of the molecule is CCCCNC(=O)C(=O)N/N=C\c1cccc(OC)c1OCc1ccc(Cl)c(Cl)c1. The van der Waals surface area contributed by atoms with Gasteiger partial charge in [-0.15, -0.1) is 0 Å². The van der Waals surface area contributed by atoms with Gasteiger partial charge in [0.1, 0.15) is 6.61 Å². The molecule has 0 saturated heterocycles. The largest absolute Gasteiger partial charge is 0.493 e. The average Bonchev–Trinajstić information content (AvgIpc) is 2.74. The van der Waals surface area contributed by atoms with E-state index in [-0.39, 0.29) is 6.61 Å². The van der Waals surface area contributed by atoms with E-state index in [1.807, 2.05) is 6.92 Å². The third kappa shape index (κ3) is 6.93. The lowest BCUT2D eigenvalue weighted by atomic mass is 10.2. The molecule has 0 aliphatic carbocycles. The first-order valence-corrected chi connectivity index (χ1v) is 10.1. The van der Waals surface area contributed by atoms with Crippen LogP contribution in [-0.2, 0) is 16.2 Å². The Morgan fingerprint density at radius 2 is 1.93 bits per heavy atom. The highest BCUT2D eigenvalue weighted by molar-refractivity contribution is 6.42. The zero-order chi connectivity index (χ0) is 21.9. The van der Waals surface area contributed by atoms with Crippen LogP contribution < -0.4 is 20.2 Å². The van der Waals surface area contributed by atoms with Crippen molar-refractivity contribution in [3.63, 3.8) is 0 Å². The van der Waals surface area contributed by atoms with Gasteiger partial charge in [0.15, 0.2) is 11.5 Å². The molecule has 0 saturated carbocycles. The standard InChI is InChI=1S/C21H23Cl2N3O4/c1-3-4-10-24-20(27)21(28)26-25-12-15-6-5-7-18(29-2)19(15)30-13-14-8-9-16(22)17(23)11-14/h5-9,11-12H,3-4,10,13H2,1-2H3,(H,24,27)(H,26,28)/b25-12-. The molecule has 9 heteroatoms. The minimum absolute atomic E-state index is 0.213. The third-order valence-corrected chi connectivity index (χ3v) is 4.73. The van der Waals surface area contributed by atoms with Gasteiger partial charge in [0.25, 0.3) is 0 Å². The number of hydrazone groups is 1. The van der Waals surface area contributed by atoms with E-state index in [0.29, 0.717) is 33.7 Å². The van der Waals surface area contributed by atoms with Gasteiger partial charge in [0.05, 0.1) is 23.4 Å². The molecule has 0 bridgehead atoms. The molecule has 0 aromatic heterocycles. The number of halogens is 2. The topological polar surface area (TPSA) is 89.0 Å². The van der Waals surface area contributed by atoms with Gasteiger partial charge in [-0.25, -0.2) is 5.43 Å². The smallest absolute Gasteiger partial charge is 0.329 e. The number of nitrogens with zero attached hydrogens (tertiary/aromatic N) is 1. The van der Waals surface area contributed by atoms with Crippen LogP contribution >= 0.6 is 23.2 Å². The number of rotatable bonds is 9. The first kappa shape index (κ1) is 23.5.